The number of nitrogens with one attached hydrogen (secondary N) is 1. The second kappa shape index (κ2) is 7.74. The second-order valence-corrected chi connectivity index (χ2v) is 8.10. The monoisotopic (exact) mass is 384 g/mol. The van der Waals surface area contributed by atoms with Crippen molar-refractivity contribution in [2.24, 2.45) is 5.92 Å². The molecule has 1 aliphatic rings. The minimum atomic E-state index is -0.313. The Kier molecular flexibility index (Phi) is 5.18. The van der Waals surface area contributed by atoms with Gasteiger partial charge >= 0.3 is 4.87 Å². The maximum absolute atomic E-state index is 13.0. The average molecular weight is 384 g/mol. The zero-order chi connectivity index (χ0) is 18.8. The summed E-state index contributed by atoms with van der Waals surface area (Å²) in [6, 6.07) is 12.0. The number of aromatic nitrogens is 1. The average Bonchev–Trinajstić information content (AvgIpc) is 3.06. The highest BCUT2D eigenvalue weighted by Gasteiger charge is 2.25. The molecule has 0 saturated carbocycles. The number of halogens is 1. The van der Waals surface area contributed by atoms with Crippen LogP contribution in [-0.4, -0.2) is 35.3 Å². The summed E-state index contributed by atoms with van der Waals surface area (Å²) in [6.07, 6.45) is 2.61. The van der Waals surface area contributed by atoms with E-state index in [1.165, 1.54) is 29.0 Å². The molecule has 1 aromatic heterocycles. The summed E-state index contributed by atoms with van der Waals surface area (Å²) in [5, 5.41) is 0. The number of nitrogens with zero attached hydrogens (tertiary/aromatic N) is 1. The van der Waals surface area contributed by atoms with Gasteiger partial charge in [0.25, 0.3) is 0 Å². The third kappa shape index (κ3) is 4.17. The van der Waals surface area contributed by atoms with E-state index in [9.17, 15) is 14.0 Å². The summed E-state index contributed by atoms with van der Waals surface area (Å²) in [5.41, 5.74) is 2.73. The fourth-order valence-corrected chi connectivity index (χ4v) is 4.50. The van der Waals surface area contributed by atoms with E-state index in [1.54, 1.807) is 12.1 Å². The molecule has 27 heavy (non-hydrogen) atoms. The molecule has 1 N–H and O–H groups in total. The van der Waals surface area contributed by atoms with E-state index >= 15 is 0 Å². The van der Waals surface area contributed by atoms with Gasteiger partial charge in [0.1, 0.15) is 5.82 Å². The molecule has 1 aliphatic heterocycles. The molecule has 0 aliphatic carbocycles. The first kappa shape index (κ1) is 18.1. The van der Waals surface area contributed by atoms with Crippen LogP contribution >= 0.6 is 11.3 Å². The first-order valence-corrected chi connectivity index (χ1v) is 10.0. The maximum Gasteiger partial charge on any atom is 0.305 e. The zero-order valence-corrected chi connectivity index (χ0v) is 15.7. The Morgan fingerprint density at radius 1 is 1.15 bits per heavy atom. The number of rotatable bonds is 5. The lowest BCUT2D eigenvalue weighted by molar-refractivity contribution is 0.0841. The van der Waals surface area contributed by atoms with Gasteiger partial charge in [-0.1, -0.05) is 17.4 Å². The number of aromatic amines is 1. The molecule has 0 radical (unpaired) electrons. The Hall–Kier alpha value is -2.31. The van der Waals surface area contributed by atoms with Crippen molar-refractivity contribution >= 4 is 27.3 Å². The van der Waals surface area contributed by atoms with Gasteiger partial charge in [-0.2, -0.15) is 0 Å². The van der Waals surface area contributed by atoms with Gasteiger partial charge in [0.05, 0.1) is 10.2 Å². The van der Waals surface area contributed by atoms with Gasteiger partial charge in [-0.05, 0) is 74.3 Å². The highest BCUT2D eigenvalue weighted by Crippen LogP contribution is 2.23. The molecule has 140 valence electrons. The summed E-state index contributed by atoms with van der Waals surface area (Å²) < 4.78 is 14.0. The number of carbonyl (C=O) groups excluding carboxylic acids is 1. The van der Waals surface area contributed by atoms with Crippen molar-refractivity contribution < 1.29 is 9.18 Å². The molecule has 0 atom stereocenters. The molecule has 6 heteroatoms. The number of H-pyrrole nitrogens is 1. The first-order chi connectivity index (χ1) is 13.1. The topological polar surface area (TPSA) is 53.2 Å². The van der Waals surface area contributed by atoms with E-state index in [0.717, 1.165) is 49.1 Å². The SMILES string of the molecule is O=C(c1ccc(F)cc1)C1CCN(CCc2ccc3[nH]c(=O)sc3c2)CC1. The van der Waals surface area contributed by atoms with Gasteiger partial charge < -0.3 is 9.88 Å². The molecule has 1 fully saturated rings. The number of benzene rings is 2. The van der Waals surface area contributed by atoms with Crippen LogP contribution in [0.15, 0.2) is 47.3 Å². The van der Waals surface area contributed by atoms with Gasteiger partial charge in [0.15, 0.2) is 5.78 Å². The van der Waals surface area contributed by atoms with Gasteiger partial charge in [-0.15, -0.1) is 0 Å². The molecular weight excluding hydrogens is 363 g/mol. The van der Waals surface area contributed by atoms with Crippen LogP contribution in [0.3, 0.4) is 0 Å². The van der Waals surface area contributed by atoms with Crippen LogP contribution in [-0.2, 0) is 6.42 Å². The predicted molar refractivity (Wildman–Crippen MR) is 106 cm³/mol. The van der Waals surface area contributed by atoms with Crippen LogP contribution in [0.1, 0.15) is 28.8 Å². The Bertz CT molecular complexity index is 1000. The number of hydrogen-bond donors (Lipinski definition) is 1. The molecule has 1 saturated heterocycles. The van der Waals surface area contributed by atoms with E-state index in [-0.39, 0.29) is 22.4 Å². The Labute approximate surface area is 160 Å². The molecule has 3 aromatic rings. The molecular formula is C21H21FN2O2S. The minimum Gasteiger partial charge on any atom is -0.312 e. The van der Waals surface area contributed by atoms with Crippen molar-refractivity contribution in [1.82, 2.24) is 9.88 Å². The summed E-state index contributed by atoms with van der Waals surface area (Å²) in [6.45, 7) is 2.75. The minimum absolute atomic E-state index is 0.0185. The first-order valence-electron chi connectivity index (χ1n) is 9.22. The zero-order valence-electron chi connectivity index (χ0n) is 14.9. The molecule has 0 spiro atoms. The van der Waals surface area contributed by atoms with Crippen molar-refractivity contribution in [3.63, 3.8) is 0 Å². The van der Waals surface area contributed by atoms with Crippen LogP contribution in [0, 0.1) is 11.7 Å². The highest BCUT2D eigenvalue weighted by atomic mass is 32.1. The Balaban J connectivity index is 1.30. The van der Waals surface area contributed by atoms with Crippen LogP contribution in [0.2, 0.25) is 0 Å². The molecule has 0 bridgehead atoms. The molecule has 0 amide bonds. The van der Waals surface area contributed by atoms with Crippen molar-refractivity contribution in [3.8, 4) is 0 Å². The lowest BCUT2D eigenvalue weighted by Gasteiger charge is -2.31. The van der Waals surface area contributed by atoms with Crippen molar-refractivity contribution in [3.05, 3.63) is 69.1 Å². The van der Waals surface area contributed by atoms with Crippen molar-refractivity contribution in [2.75, 3.05) is 19.6 Å². The predicted octanol–water partition coefficient (Wildman–Crippen LogP) is 3.87. The fraction of sp³-hybridized carbons (Fsp3) is 0.333. The largest absolute Gasteiger partial charge is 0.312 e. The van der Waals surface area contributed by atoms with Gasteiger partial charge in [-0.3, -0.25) is 9.59 Å². The standard InChI is InChI=1S/C21H21FN2O2S/c22-17-4-2-15(3-5-17)20(25)16-8-11-24(12-9-16)10-7-14-1-6-18-19(13-14)27-21(26)23-18/h1-6,13,16H,7-12H2,(H,23,26). The third-order valence-corrected chi connectivity index (χ3v) is 6.13. The van der Waals surface area contributed by atoms with Gasteiger partial charge in [-0.25, -0.2) is 4.39 Å². The van der Waals surface area contributed by atoms with E-state index in [2.05, 4.69) is 22.0 Å². The number of likely N-dealkylation sites (tertiary alicyclic amines) is 1. The lowest BCUT2D eigenvalue weighted by Crippen LogP contribution is -2.37. The van der Waals surface area contributed by atoms with Crippen molar-refractivity contribution in [1.29, 1.82) is 0 Å². The normalized spacial score (nSPS) is 16.0. The molecule has 2 aromatic carbocycles. The molecule has 0 unspecified atom stereocenters. The quantitative estimate of drug-likeness (QED) is 0.680. The Morgan fingerprint density at radius 2 is 1.89 bits per heavy atom. The van der Waals surface area contributed by atoms with Crippen molar-refractivity contribution in [2.45, 2.75) is 19.3 Å². The highest BCUT2D eigenvalue weighted by molar-refractivity contribution is 7.16. The summed E-state index contributed by atoms with van der Waals surface area (Å²) in [5.74, 6) is -0.158. The number of piperidine rings is 1. The number of thiazole rings is 1. The van der Waals surface area contributed by atoms with E-state index < -0.39 is 0 Å². The van der Waals surface area contributed by atoms with E-state index in [1.807, 2.05) is 6.07 Å². The molecule has 4 nitrogen and oxygen atoms in total. The number of Topliss-reactive ketones (excluding diaryl/α,β-unsaturated/α-hetero) is 1. The fourth-order valence-electron chi connectivity index (χ4n) is 3.70. The van der Waals surface area contributed by atoms with Crippen LogP contribution in [0.4, 0.5) is 4.39 Å². The lowest BCUT2D eigenvalue weighted by atomic mass is 9.89. The van der Waals surface area contributed by atoms with Crippen LogP contribution in [0.5, 0.6) is 0 Å². The number of carbonyl (C=O) groups is 1. The van der Waals surface area contributed by atoms with Gasteiger partial charge in [0, 0.05) is 18.0 Å². The number of ketones is 1. The van der Waals surface area contributed by atoms with Crippen LogP contribution < -0.4 is 4.87 Å². The smallest absolute Gasteiger partial charge is 0.305 e. The second-order valence-electron chi connectivity index (χ2n) is 7.08. The Morgan fingerprint density at radius 3 is 2.63 bits per heavy atom. The summed E-state index contributed by atoms with van der Waals surface area (Å²) >= 11 is 1.24. The summed E-state index contributed by atoms with van der Waals surface area (Å²) in [7, 11) is 0. The van der Waals surface area contributed by atoms with Gasteiger partial charge in [0.2, 0.25) is 0 Å². The van der Waals surface area contributed by atoms with E-state index in [0.29, 0.717) is 5.56 Å². The summed E-state index contributed by atoms with van der Waals surface area (Å²) in [4.78, 5) is 29.2. The van der Waals surface area contributed by atoms with Crippen LogP contribution in [0.25, 0.3) is 10.2 Å². The number of hydrogen-bond acceptors (Lipinski definition) is 4. The number of fused-ring (bicyclic) bond motifs is 1. The molecule has 2 heterocycles. The maximum atomic E-state index is 13.0. The third-order valence-electron chi connectivity index (χ3n) is 5.29. The van der Waals surface area contributed by atoms with E-state index in [4.69, 9.17) is 0 Å². The molecule has 4 rings (SSSR count).